The standard InChI is InChI=1S/C22H26N2O5/c1-27-14-15-29-17-16-28-13-12-24-21(26)23-20(25)22(24,18-8-4-2-5-9-18)19-10-6-3-7-11-19/h2-11H,12-17H2,1H3,(H,23,25,26). The van der Waals surface area contributed by atoms with Crippen molar-refractivity contribution in [2.24, 2.45) is 0 Å². The summed E-state index contributed by atoms with van der Waals surface area (Å²) in [6.07, 6.45) is 0. The van der Waals surface area contributed by atoms with Crippen LogP contribution in [0.5, 0.6) is 0 Å². The van der Waals surface area contributed by atoms with E-state index in [4.69, 9.17) is 14.2 Å². The molecule has 0 spiro atoms. The molecular weight excluding hydrogens is 372 g/mol. The van der Waals surface area contributed by atoms with Crippen LogP contribution >= 0.6 is 0 Å². The van der Waals surface area contributed by atoms with Crippen molar-refractivity contribution in [1.82, 2.24) is 10.2 Å². The number of nitrogens with one attached hydrogen (secondary N) is 1. The van der Waals surface area contributed by atoms with Crippen LogP contribution in [0.1, 0.15) is 11.1 Å². The molecule has 1 aliphatic rings. The number of ether oxygens (including phenoxy) is 3. The smallest absolute Gasteiger partial charge is 0.325 e. The lowest BCUT2D eigenvalue weighted by molar-refractivity contribution is -0.125. The van der Waals surface area contributed by atoms with Gasteiger partial charge in [0.25, 0.3) is 5.91 Å². The molecule has 2 aromatic rings. The first-order chi connectivity index (χ1) is 14.2. The fourth-order valence-corrected chi connectivity index (χ4v) is 3.52. The van der Waals surface area contributed by atoms with E-state index in [0.29, 0.717) is 26.4 Å². The van der Waals surface area contributed by atoms with Gasteiger partial charge in [-0.2, -0.15) is 0 Å². The normalized spacial score (nSPS) is 15.6. The predicted molar refractivity (Wildman–Crippen MR) is 107 cm³/mol. The third-order valence-corrected chi connectivity index (χ3v) is 4.85. The molecule has 0 atom stereocenters. The van der Waals surface area contributed by atoms with Crippen LogP contribution in [0.3, 0.4) is 0 Å². The Labute approximate surface area is 170 Å². The first-order valence-corrected chi connectivity index (χ1v) is 9.59. The number of benzene rings is 2. The molecule has 1 heterocycles. The van der Waals surface area contributed by atoms with E-state index in [2.05, 4.69) is 5.32 Å². The molecule has 7 heteroatoms. The lowest BCUT2D eigenvalue weighted by Crippen LogP contribution is -2.49. The van der Waals surface area contributed by atoms with Crippen molar-refractivity contribution >= 4 is 11.9 Å². The van der Waals surface area contributed by atoms with E-state index in [1.807, 2.05) is 60.7 Å². The van der Waals surface area contributed by atoms with Gasteiger partial charge < -0.3 is 14.2 Å². The lowest BCUT2D eigenvalue weighted by atomic mass is 9.81. The SMILES string of the molecule is COCCOCCOCCN1C(=O)NC(=O)C1(c1ccccc1)c1ccccc1. The highest BCUT2D eigenvalue weighted by Gasteiger charge is 2.55. The molecule has 0 aliphatic carbocycles. The van der Waals surface area contributed by atoms with E-state index in [0.717, 1.165) is 11.1 Å². The molecule has 0 aromatic heterocycles. The third kappa shape index (κ3) is 4.48. The van der Waals surface area contributed by atoms with Crippen LogP contribution in [0.2, 0.25) is 0 Å². The van der Waals surface area contributed by atoms with Gasteiger partial charge in [-0.25, -0.2) is 4.79 Å². The van der Waals surface area contributed by atoms with Gasteiger partial charge in [-0.15, -0.1) is 0 Å². The van der Waals surface area contributed by atoms with E-state index in [9.17, 15) is 9.59 Å². The number of carbonyl (C=O) groups is 2. The summed E-state index contributed by atoms with van der Waals surface area (Å²) in [6, 6.07) is 18.2. The average molecular weight is 398 g/mol. The van der Waals surface area contributed by atoms with Crippen LogP contribution in [0.4, 0.5) is 4.79 Å². The molecule has 1 N–H and O–H groups in total. The molecular formula is C22H26N2O5. The van der Waals surface area contributed by atoms with Gasteiger partial charge in [-0.05, 0) is 11.1 Å². The predicted octanol–water partition coefficient (Wildman–Crippen LogP) is 2.16. The summed E-state index contributed by atoms with van der Waals surface area (Å²) in [5.41, 5.74) is 0.243. The molecule has 1 saturated heterocycles. The quantitative estimate of drug-likeness (QED) is 0.464. The van der Waals surface area contributed by atoms with Crippen molar-refractivity contribution in [2.75, 3.05) is 46.7 Å². The van der Waals surface area contributed by atoms with Gasteiger partial charge in [0.2, 0.25) is 0 Å². The first kappa shape index (κ1) is 21.0. The topological polar surface area (TPSA) is 77.1 Å². The molecule has 1 aliphatic heterocycles. The Morgan fingerprint density at radius 2 is 1.31 bits per heavy atom. The Balaban J connectivity index is 1.77. The number of carbonyl (C=O) groups excluding carboxylic acids is 2. The van der Waals surface area contributed by atoms with Gasteiger partial charge in [0, 0.05) is 13.7 Å². The lowest BCUT2D eigenvalue weighted by Gasteiger charge is -2.36. The van der Waals surface area contributed by atoms with Crippen LogP contribution in [-0.2, 0) is 24.5 Å². The average Bonchev–Trinajstić information content (AvgIpc) is 3.01. The minimum absolute atomic E-state index is 0.263. The zero-order chi connectivity index (χ0) is 20.5. The Hall–Kier alpha value is -2.74. The summed E-state index contributed by atoms with van der Waals surface area (Å²) in [5, 5.41) is 2.48. The van der Waals surface area contributed by atoms with Gasteiger partial charge >= 0.3 is 6.03 Å². The maximum Gasteiger partial charge on any atom is 0.325 e. The maximum atomic E-state index is 13.1. The third-order valence-electron chi connectivity index (χ3n) is 4.85. The van der Waals surface area contributed by atoms with Crippen LogP contribution in [0.25, 0.3) is 0 Å². The first-order valence-electron chi connectivity index (χ1n) is 9.59. The summed E-state index contributed by atoms with van der Waals surface area (Å²) in [6.45, 7) is 2.43. The minimum atomic E-state index is -1.22. The number of amides is 3. The zero-order valence-corrected chi connectivity index (χ0v) is 16.5. The number of imide groups is 1. The van der Waals surface area contributed by atoms with Crippen molar-refractivity contribution < 1.29 is 23.8 Å². The Kier molecular flexibility index (Phi) is 7.35. The summed E-state index contributed by atoms with van der Waals surface area (Å²) in [4.78, 5) is 27.3. The minimum Gasteiger partial charge on any atom is -0.382 e. The maximum absolute atomic E-state index is 13.1. The number of urea groups is 1. The molecule has 0 saturated carbocycles. The fraction of sp³-hybridized carbons (Fsp3) is 0.364. The molecule has 29 heavy (non-hydrogen) atoms. The number of nitrogens with zero attached hydrogens (tertiary/aromatic N) is 1. The number of methoxy groups -OCH3 is 1. The second-order valence-corrected chi connectivity index (χ2v) is 6.57. The van der Waals surface area contributed by atoms with Crippen molar-refractivity contribution in [3.63, 3.8) is 0 Å². The van der Waals surface area contributed by atoms with E-state index in [-0.39, 0.29) is 19.1 Å². The van der Waals surface area contributed by atoms with Crippen molar-refractivity contribution in [1.29, 1.82) is 0 Å². The monoisotopic (exact) mass is 398 g/mol. The van der Waals surface area contributed by atoms with Gasteiger partial charge in [0.05, 0.1) is 33.0 Å². The Morgan fingerprint density at radius 1 is 0.793 bits per heavy atom. The fourth-order valence-electron chi connectivity index (χ4n) is 3.52. The van der Waals surface area contributed by atoms with E-state index >= 15 is 0 Å². The molecule has 1 fully saturated rings. The molecule has 0 bridgehead atoms. The van der Waals surface area contributed by atoms with Crippen molar-refractivity contribution in [3.05, 3.63) is 71.8 Å². The van der Waals surface area contributed by atoms with Crippen molar-refractivity contribution in [3.8, 4) is 0 Å². The number of hydrogen-bond donors (Lipinski definition) is 1. The van der Waals surface area contributed by atoms with Crippen LogP contribution in [0.15, 0.2) is 60.7 Å². The highest BCUT2D eigenvalue weighted by molar-refractivity contribution is 6.09. The Bertz CT molecular complexity index is 758. The zero-order valence-electron chi connectivity index (χ0n) is 16.5. The highest BCUT2D eigenvalue weighted by Crippen LogP contribution is 2.39. The van der Waals surface area contributed by atoms with E-state index < -0.39 is 11.6 Å². The largest absolute Gasteiger partial charge is 0.382 e. The van der Waals surface area contributed by atoms with Gasteiger partial charge in [-0.3, -0.25) is 15.0 Å². The van der Waals surface area contributed by atoms with E-state index in [1.165, 1.54) is 0 Å². The summed E-state index contributed by atoms with van der Waals surface area (Å²) in [7, 11) is 1.62. The van der Waals surface area contributed by atoms with E-state index in [1.54, 1.807) is 12.0 Å². The number of rotatable bonds is 11. The van der Waals surface area contributed by atoms with Gasteiger partial charge in [-0.1, -0.05) is 60.7 Å². The molecule has 3 rings (SSSR count). The molecule has 3 amide bonds. The molecule has 7 nitrogen and oxygen atoms in total. The highest BCUT2D eigenvalue weighted by atomic mass is 16.5. The van der Waals surface area contributed by atoms with Crippen LogP contribution in [-0.4, -0.2) is 63.5 Å². The summed E-state index contributed by atoms with van der Waals surface area (Å²) < 4.78 is 15.9. The van der Waals surface area contributed by atoms with Crippen molar-refractivity contribution in [2.45, 2.75) is 5.54 Å². The van der Waals surface area contributed by atoms with Gasteiger partial charge in [0.15, 0.2) is 5.54 Å². The van der Waals surface area contributed by atoms with Crippen LogP contribution in [0, 0.1) is 0 Å². The molecule has 0 unspecified atom stereocenters. The second-order valence-electron chi connectivity index (χ2n) is 6.57. The Morgan fingerprint density at radius 3 is 1.86 bits per heavy atom. The van der Waals surface area contributed by atoms with Gasteiger partial charge in [0.1, 0.15) is 0 Å². The molecule has 0 radical (unpaired) electrons. The summed E-state index contributed by atoms with van der Waals surface area (Å²) >= 11 is 0. The van der Waals surface area contributed by atoms with Crippen LogP contribution < -0.4 is 5.32 Å². The molecule has 154 valence electrons. The summed E-state index contributed by atoms with van der Waals surface area (Å²) in [5.74, 6) is -0.359. The number of hydrogen-bond acceptors (Lipinski definition) is 5. The molecule has 2 aromatic carbocycles. The second kappa shape index (κ2) is 10.2.